The van der Waals surface area contributed by atoms with Crippen LogP contribution < -0.4 is 5.14 Å². The third kappa shape index (κ3) is 3.19. The maximum absolute atomic E-state index is 12.5. The molecule has 1 fully saturated rings. The van der Waals surface area contributed by atoms with Crippen molar-refractivity contribution in [2.24, 2.45) is 5.14 Å². The summed E-state index contributed by atoms with van der Waals surface area (Å²) >= 11 is 0. The van der Waals surface area contributed by atoms with E-state index in [0.717, 1.165) is 32.2 Å². The van der Waals surface area contributed by atoms with Crippen molar-refractivity contribution in [2.45, 2.75) is 43.5 Å². The number of hydrogen-bond acceptors (Lipinski definition) is 3. The molecule has 0 saturated carbocycles. The first-order valence-corrected chi connectivity index (χ1v) is 8.42. The minimum Gasteiger partial charge on any atom is -0.336 e. The van der Waals surface area contributed by atoms with Gasteiger partial charge >= 0.3 is 0 Å². The summed E-state index contributed by atoms with van der Waals surface area (Å²) in [4.78, 5) is 14.4. The SMILES string of the molecule is CCC1CCCCN1C(=O)c1ccc(S(N)(=O)=O)cc1. The summed E-state index contributed by atoms with van der Waals surface area (Å²) in [5.74, 6) is -0.0301. The van der Waals surface area contributed by atoms with Crippen molar-refractivity contribution in [1.82, 2.24) is 4.90 Å². The Hall–Kier alpha value is -1.40. The van der Waals surface area contributed by atoms with Crippen LogP contribution in [-0.2, 0) is 10.0 Å². The molecule has 2 rings (SSSR count). The summed E-state index contributed by atoms with van der Waals surface area (Å²) in [6.07, 6.45) is 4.17. The average Bonchev–Trinajstić information content (AvgIpc) is 2.45. The molecule has 1 heterocycles. The zero-order chi connectivity index (χ0) is 14.8. The summed E-state index contributed by atoms with van der Waals surface area (Å²) in [5, 5.41) is 5.05. The van der Waals surface area contributed by atoms with Crippen molar-refractivity contribution in [3.05, 3.63) is 29.8 Å². The number of piperidine rings is 1. The first-order chi connectivity index (χ1) is 9.43. The Balaban J connectivity index is 2.20. The number of benzene rings is 1. The van der Waals surface area contributed by atoms with Gasteiger partial charge in [-0.15, -0.1) is 0 Å². The number of amides is 1. The van der Waals surface area contributed by atoms with E-state index in [9.17, 15) is 13.2 Å². The highest BCUT2D eigenvalue weighted by molar-refractivity contribution is 7.89. The van der Waals surface area contributed by atoms with Crippen LogP contribution in [0.1, 0.15) is 43.0 Å². The molecule has 1 aromatic rings. The van der Waals surface area contributed by atoms with Crippen LogP contribution in [0.5, 0.6) is 0 Å². The Labute approximate surface area is 119 Å². The smallest absolute Gasteiger partial charge is 0.254 e. The van der Waals surface area contributed by atoms with Crippen molar-refractivity contribution in [3.63, 3.8) is 0 Å². The molecule has 0 aromatic heterocycles. The first-order valence-electron chi connectivity index (χ1n) is 6.87. The molecule has 0 bridgehead atoms. The molecule has 1 amide bonds. The second-order valence-electron chi connectivity index (χ2n) is 5.13. The number of likely N-dealkylation sites (tertiary alicyclic amines) is 1. The van der Waals surface area contributed by atoms with E-state index in [2.05, 4.69) is 6.92 Å². The molecule has 20 heavy (non-hydrogen) atoms. The van der Waals surface area contributed by atoms with E-state index in [-0.39, 0.29) is 16.8 Å². The number of nitrogens with zero attached hydrogens (tertiary/aromatic N) is 1. The van der Waals surface area contributed by atoms with Crippen LogP contribution in [-0.4, -0.2) is 31.8 Å². The van der Waals surface area contributed by atoms with Crippen molar-refractivity contribution in [3.8, 4) is 0 Å². The predicted octanol–water partition coefficient (Wildman–Crippen LogP) is 1.74. The molecule has 1 atom stereocenters. The second-order valence-corrected chi connectivity index (χ2v) is 6.69. The molecule has 1 saturated heterocycles. The second kappa shape index (κ2) is 5.93. The molecular weight excluding hydrogens is 276 g/mol. The molecule has 5 nitrogen and oxygen atoms in total. The fourth-order valence-electron chi connectivity index (χ4n) is 2.65. The molecule has 0 spiro atoms. The van der Waals surface area contributed by atoms with E-state index in [0.29, 0.717) is 5.56 Å². The molecule has 110 valence electrons. The monoisotopic (exact) mass is 296 g/mol. The Morgan fingerprint density at radius 3 is 2.50 bits per heavy atom. The Bertz CT molecular complexity index is 581. The lowest BCUT2D eigenvalue weighted by atomic mass is 9.99. The minimum absolute atomic E-state index is 0.0275. The van der Waals surface area contributed by atoms with Crippen molar-refractivity contribution < 1.29 is 13.2 Å². The molecule has 1 unspecified atom stereocenters. The van der Waals surface area contributed by atoms with Crippen LogP contribution in [0, 0.1) is 0 Å². The summed E-state index contributed by atoms with van der Waals surface area (Å²) in [7, 11) is -3.71. The molecule has 0 aliphatic carbocycles. The third-order valence-electron chi connectivity index (χ3n) is 3.79. The van der Waals surface area contributed by atoms with E-state index < -0.39 is 10.0 Å². The number of hydrogen-bond donors (Lipinski definition) is 1. The molecule has 2 N–H and O–H groups in total. The van der Waals surface area contributed by atoms with E-state index >= 15 is 0 Å². The maximum atomic E-state index is 12.5. The lowest BCUT2D eigenvalue weighted by Gasteiger charge is -2.35. The Morgan fingerprint density at radius 1 is 1.30 bits per heavy atom. The molecule has 6 heteroatoms. The number of carbonyl (C=O) groups excluding carboxylic acids is 1. The molecule has 0 radical (unpaired) electrons. The summed E-state index contributed by atoms with van der Waals surface area (Å²) < 4.78 is 22.4. The average molecular weight is 296 g/mol. The number of nitrogens with two attached hydrogens (primary N) is 1. The summed E-state index contributed by atoms with van der Waals surface area (Å²) in [6.45, 7) is 2.86. The molecule has 1 aromatic carbocycles. The van der Waals surface area contributed by atoms with Gasteiger partial charge in [0.2, 0.25) is 10.0 Å². The number of carbonyl (C=O) groups is 1. The fourth-order valence-corrected chi connectivity index (χ4v) is 3.16. The van der Waals surface area contributed by atoms with Gasteiger partial charge < -0.3 is 4.90 Å². The zero-order valence-corrected chi connectivity index (χ0v) is 12.4. The molecular formula is C14H20N2O3S. The largest absolute Gasteiger partial charge is 0.336 e. The number of rotatable bonds is 3. The van der Waals surface area contributed by atoms with Crippen molar-refractivity contribution in [1.29, 1.82) is 0 Å². The van der Waals surface area contributed by atoms with E-state index in [4.69, 9.17) is 5.14 Å². The molecule has 1 aliphatic rings. The van der Waals surface area contributed by atoms with Crippen LogP contribution in [0.2, 0.25) is 0 Å². The van der Waals surface area contributed by atoms with Gasteiger partial charge in [-0.1, -0.05) is 6.92 Å². The quantitative estimate of drug-likeness (QED) is 0.922. The van der Waals surface area contributed by atoms with Crippen LogP contribution in [0.3, 0.4) is 0 Å². The Morgan fingerprint density at radius 2 is 1.95 bits per heavy atom. The van der Waals surface area contributed by atoms with Gasteiger partial charge in [-0.25, -0.2) is 13.6 Å². The highest BCUT2D eigenvalue weighted by atomic mass is 32.2. The van der Waals surface area contributed by atoms with Crippen molar-refractivity contribution >= 4 is 15.9 Å². The van der Waals surface area contributed by atoms with Gasteiger partial charge in [0.15, 0.2) is 0 Å². The van der Waals surface area contributed by atoms with E-state index in [1.165, 1.54) is 24.3 Å². The normalized spacial score (nSPS) is 19.9. The highest BCUT2D eigenvalue weighted by Crippen LogP contribution is 2.22. The van der Waals surface area contributed by atoms with Gasteiger partial charge in [0.1, 0.15) is 0 Å². The molecule has 1 aliphatic heterocycles. The van der Waals surface area contributed by atoms with E-state index in [1.807, 2.05) is 4.90 Å². The standard InChI is InChI=1S/C14H20N2O3S/c1-2-12-5-3-4-10-16(12)14(17)11-6-8-13(9-7-11)20(15,18)19/h6-9,12H,2-5,10H2,1H3,(H2,15,18,19). The lowest BCUT2D eigenvalue weighted by Crippen LogP contribution is -2.43. The fraction of sp³-hybridized carbons (Fsp3) is 0.500. The number of primary sulfonamides is 1. The van der Waals surface area contributed by atoms with Gasteiger partial charge in [0.25, 0.3) is 5.91 Å². The van der Waals surface area contributed by atoms with Gasteiger partial charge in [0, 0.05) is 18.2 Å². The van der Waals surface area contributed by atoms with Crippen LogP contribution in [0.25, 0.3) is 0 Å². The van der Waals surface area contributed by atoms with Gasteiger partial charge in [-0.05, 0) is 49.9 Å². The zero-order valence-electron chi connectivity index (χ0n) is 11.6. The Kier molecular flexibility index (Phi) is 4.45. The minimum atomic E-state index is -3.71. The van der Waals surface area contributed by atoms with E-state index in [1.54, 1.807) is 0 Å². The third-order valence-corrected chi connectivity index (χ3v) is 4.72. The topological polar surface area (TPSA) is 80.5 Å². The van der Waals surface area contributed by atoms with Crippen LogP contribution in [0.4, 0.5) is 0 Å². The van der Waals surface area contributed by atoms with Crippen LogP contribution in [0.15, 0.2) is 29.2 Å². The lowest BCUT2D eigenvalue weighted by molar-refractivity contribution is 0.0608. The summed E-state index contributed by atoms with van der Waals surface area (Å²) in [5.41, 5.74) is 0.512. The predicted molar refractivity (Wildman–Crippen MR) is 76.8 cm³/mol. The van der Waals surface area contributed by atoms with Gasteiger partial charge in [-0.2, -0.15) is 0 Å². The van der Waals surface area contributed by atoms with Crippen LogP contribution >= 0.6 is 0 Å². The van der Waals surface area contributed by atoms with Gasteiger partial charge in [-0.3, -0.25) is 4.79 Å². The van der Waals surface area contributed by atoms with Crippen molar-refractivity contribution in [2.75, 3.05) is 6.54 Å². The summed E-state index contributed by atoms with van der Waals surface area (Å²) in [6, 6.07) is 6.11. The highest BCUT2D eigenvalue weighted by Gasteiger charge is 2.26. The number of sulfonamides is 1. The maximum Gasteiger partial charge on any atom is 0.254 e. The first kappa shape index (κ1) is 15.0. The van der Waals surface area contributed by atoms with Gasteiger partial charge in [0.05, 0.1) is 4.90 Å².